The number of nitrogens with one attached hydrogen (secondary N) is 1. The van der Waals surface area contributed by atoms with E-state index in [0.29, 0.717) is 29.3 Å². The summed E-state index contributed by atoms with van der Waals surface area (Å²) in [5, 5.41) is 19.1. The van der Waals surface area contributed by atoms with Gasteiger partial charge in [0.05, 0.1) is 36.2 Å². The zero-order valence-electron chi connectivity index (χ0n) is 19.6. The molecule has 2 unspecified atom stereocenters. The first kappa shape index (κ1) is 22.6. The molecule has 0 saturated carbocycles. The average molecular weight is 506 g/mol. The third-order valence-electron chi connectivity index (χ3n) is 6.57. The lowest BCUT2D eigenvalue weighted by Gasteiger charge is -2.47. The van der Waals surface area contributed by atoms with Crippen molar-refractivity contribution < 1.29 is 9.53 Å². The van der Waals surface area contributed by atoms with Gasteiger partial charge in [-0.05, 0) is 52.7 Å². The van der Waals surface area contributed by atoms with Crippen molar-refractivity contribution in [2.24, 2.45) is 0 Å². The summed E-state index contributed by atoms with van der Waals surface area (Å²) in [5.41, 5.74) is 3.99. The number of benzene rings is 1. The van der Waals surface area contributed by atoms with Crippen LogP contribution in [0.1, 0.15) is 33.6 Å². The minimum atomic E-state index is -0.236. The van der Waals surface area contributed by atoms with Gasteiger partial charge in [0.1, 0.15) is 12.1 Å². The molecule has 3 aliphatic rings. The molecule has 0 spiro atoms. The summed E-state index contributed by atoms with van der Waals surface area (Å²) in [5.74, 6) is 0.747. The van der Waals surface area contributed by atoms with Gasteiger partial charge < -0.3 is 15.0 Å². The normalized spacial score (nSPS) is 18.7. The Bertz CT molecular complexity index is 1390. The van der Waals surface area contributed by atoms with Crippen LogP contribution < -0.4 is 10.2 Å². The van der Waals surface area contributed by atoms with Crippen molar-refractivity contribution in [3.8, 4) is 5.69 Å². The Kier molecular flexibility index (Phi) is 5.86. The molecule has 2 atom stereocenters. The molecule has 1 amide bonds. The van der Waals surface area contributed by atoms with Crippen LogP contribution in [-0.4, -0.2) is 66.2 Å². The number of fused-ring (bicyclic) bond motifs is 2. The summed E-state index contributed by atoms with van der Waals surface area (Å²) in [4.78, 5) is 19.9. The van der Waals surface area contributed by atoms with E-state index < -0.39 is 0 Å². The molecule has 3 aliphatic heterocycles. The number of piperidine rings is 1. The van der Waals surface area contributed by atoms with E-state index >= 15 is 0 Å². The quantitative estimate of drug-likeness (QED) is 0.406. The summed E-state index contributed by atoms with van der Waals surface area (Å²) >= 11 is 6.17. The van der Waals surface area contributed by atoms with E-state index in [2.05, 4.69) is 43.0 Å². The van der Waals surface area contributed by atoms with Crippen molar-refractivity contribution in [3.63, 3.8) is 0 Å². The molecule has 3 aromatic heterocycles. The zero-order valence-corrected chi connectivity index (χ0v) is 20.3. The Morgan fingerprint density at radius 2 is 2.03 bits per heavy atom. The number of carbonyl (C=O) groups excluding carboxylic acids is 1. The van der Waals surface area contributed by atoms with E-state index in [0.717, 1.165) is 47.8 Å². The molecule has 3 fully saturated rings. The number of pyridine rings is 1. The second-order valence-corrected chi connectivity index (χ2v) is 9.51. The smallest absolute Gasteiger partial charge is 0.254 e. The third-order valence-corrected chi connectivity index (χ3v) is 6.80. The third kappa shape index (κ3) is 4.54. The number of aromatic nitrogens is 7. The van der Waals surface area contributed by atoms with Crippen LogP contribution in [0.15, 0.2) is 49.1 Å². The Balaban J connectivity index is 1.10. The number of tetrazole rings is 1. The highest BCUT2D eigenvalue weighted by atomic mass is 35.5. The molecule has 1 aromatic carbocycles. The van der Waals surface area contributed by atoms with Gasteiger partial charge in [0, 0.05) is 43.0 Å². The van der Waals surface area contributed by atoms with Crippen LogP contribution in [0.3, 0.4) is 0 Å². The van der Waals surface area contributed by atoms with E-state index in [1.165, 1.54) is 11.0 Å². The molecular weight excluding hydrogens is 482 g/mol. The van der Waals surface area contributed by atoms with Gasteiger partial charge in [0.25, 0.3) is 5.91 Å². The highest BCUT2D eigenvalue weighted by Gasteiger charge is 2.38. The number of halogens is 1. The number of nitrogens with zero attached hydrogens (tertiary/aromatic N) is 8. The molecule has 0 aliphatic carbocycles. The summed E-state index contributed by atoms with van der Waals surface area (Å²) < 4.78 is 8.99. The molecule has 11 nitrogen and oxygen atoms in total. The van der Waals surface area contributed by atoms with Crippen molar-refractivity contribution in [1.82, 2.24) is 40.3 Å². The van der Waals surface area contributed by atoms with Crippen LogP contribution in [0.5, 0.6) is 0 Å². The van der Waals surface area contributed by atoms with Crippen LogP contribution >= 0.6 is 11.6 Å². The first-order chi connectivity index (χ1) is 17.5. The summed E-state index contributed by atoms with van der Waals surface area (Å²) in [7, 11) is 0. The number of hydrogen-bond acceptors (Lipinski definition) is 8. The molecule has 6 heterocycles. The maximum Gasteiger partial charge on any atom is 0.254 e. The van der Waals surface area contributed by atoms with Crippen LogP contribution in [0, 0.1) is 6.92 Å². The lowest BCUT2D eigenvalue weighted by Crippen LogP contribution is -2.57. The number of hydrogen-bond donors (Lipinski definition) is 1. The number of ether oxygens (including phenoxy) is 1. The number of carbonyl (C=O) groups is 1. The van der Waals surface area contributed by atoms with Crippen molar-refractivity contribution in [2.45, 2.75) is 38.6 Å². The molecule has 7 rings (SSSR count). The second kappa shape index (κ2) is 9.32. The minimum Gasteiger partial charge on any atom is -0.371 e. The standard InChI is InChI=1S/C24H24ClN9O2/c1-15-16(2-5-23(29-15)32-12-20-7-21(13-32)36-20)10-33-11-18(9-28-33)24(35)26-8-17-6-19(25)3-4-22(17)34-14-27-30-31-34/h2-6,9,11,14,20-21H,7-8,10,12-13H2,1H3,(H,26,35). The van der Waals surface area contributed by atoms with Crippen LogP contribution in [0.2, 0.25) is 5.02 Å². The molecule has 36 heavy (non-hydrogen) atoms. The Hall–Kier alpha value is -3.83. The number of anilines is 1. The minimum absolute atomic E-state index is 0.236. The van der Waals surface area contributed by atoms with Gasteiger partial charge in [-0.25, -0.2) is 9.67 Å². The first-order valence-electron chi connectivity index (χ1n) is 11.7. The number of aryl methyl sites for hydroxylation is 1. The fourth-order valence-corrected chi connectivity index (χ4v) is 4.87. The van der Waals surface area contributed by atoms with E-state index in [-0.39, 0.29) is 12.5 Å². The molecule has 12 heteroatoms. The molecule has 0 radical (unpaired) electrons. The maximum atomic E-state index is 12.8. The molecule has 1 N–H and O–H groups in total. The van der Waals surface area contributed by atoms with Crippen molar-refractivity contribution in [3.05, 3.63) is 76.5 Å². The van der Waals surface area contributed by atoms with E-state index in [4.69, 9.17) is 21.3 Å². The van der Waals surface area contributed by atoms with Crippen LogP contribution in [-0.2, 0) is 17.8 Å². The Morgan fingerprint density at radius 1 is 1.19 bits per heavy atom. The van der Waals surface area contributed by atoms with E-state index in [1.807, 2.05) is 13.0 Å². The highest BCUT2D eigenvalue weighted by Crippen LogP contribution is 2.30. The van der Waals surface area contributed by atoms with Gasteiger partial charge >= 0.3 is 0 Å². The topological polar surface area (TPSA) is 116 Å². The largest absolute Gasteiger partial charge is 0.371 e. The molecule has 3 saturated heterocycles. The maximum absolute atomic E-state index is 12.8. The van der Waals surface area contributed by atoms with Gasteiger partial charge in [-0.15, -0.1) is 5.10 Å². The average Bonchev–Trinajstić information content (AvgIpc) is 3.56. The van der Waals surface area contributed by atoms with Crippen molar-refractivity contribution in [2.75, 3.05) is 18.0 Å². The van der Waals surface area contributed by atoms with Gasteiger partial charge in [0.2, 0.25) is 0 Å². The Morgan fingerprint density at radius 3 is 2.78 bits per heavy atom. The van der Waals surface area contributed by atoms with Crippen LogP contribution in [0.25, 0.3) is 5.69 Å². The van der Waals surface area contributed by atoms with Crippen LogP contribution in [0.4, 0.5) is 5.82 Å². The second-order valence-electron chi connectivity index (χ2n) is 9.07. The first-order valence-corrected chi connectivity index (χ1v) is 12.1. The zero-order chi connectivity index (χ0) is 24.6. The molecule has 4 aromatic rings. The highest BCUT2D eigenvalue weighted by molar-refractivity contribution is 6.30. The number of amides is 1. The fourth-order valence-electron chi connectivity index (χ4n) is 4.67. The van der Waals surface area contributed by atoms with Gasteiger partial charge in [-0.1, -0.05) is 17.7 Å². The van der Waals surface area contributed by atoms with E-state index in [9.17, 15) is 4.79 Å². The van der Waals surface area contributed by atoms with Gasteiger partial charge in [0.15, 0.2) is 0 Å². The predicted octanol–water partition coefficient (Wildman–Crippen LogP) is 2.17. The predicted molar refractivity (Wildman–Crippen MR) is 131 cm³/mol. The Labute approximate surface area is 212 Å². The lowest BCUT2D eigenvalue weighted by molar-refractivity contribution is -0.133. The lowest BCUT2D eigenvalue weighted by atomic mass is 9.99. The van der Waals surface area contributed by atoms with E-state index in [1.54, 1.807) is 29.2 Å². The SMILES string of the molecule is Cc1nc(N2CC3CC(C2)O3)ccc1Cn1cc(C(=O)NCc2cc(Cl)ccc2-n2cnnn2)cn1. The summed E-state index contributed by atoms with van der Waals surface area (Å²) in [6.45, 7) is 4.58. The monoisotopic (exact) mass is 505 g/mol. The summed E-state index contributed by atoms with van der Waals surface area (Å²) in [6, 6.07) is 9.47. The van der Waals surface area contributed by atoms with Gasteiger partial charge in [-0.3, -0.25) is 9.48 Å². The molecule has 184 valence electrons. The summed E-state index contributed by atoms with van der Waals surface area (Å²) in [6.07, 6.45) is 6.62. The van der Waals surface area contributed by atoms with Crippen molar-refractivity contribution in [1.29, 1.82) is 0 Å². The number of rotatable bonds is 7. The fraction of sp³-hybridized carbons (Fsp3) is 0.333. The molecule has 2 bridgehead atoms. The van der Waals surface area contributed by atoms with Gasteiger partial charge in [-0.2, -0.15) is 5.10 Å². The number of morpholine rings is 1. The molecular formula is C24H24ClN9O2. The van der Waals surface area contributed by atoms with Crippen molar-refractivity contribution >= 4 is 23.3 Å².